The van der Waals surface area contributed by atoms with Crippen molar-refractivity contribution in [2.24, 2.45) is 0 Å². The summed E-state index contributed by atoms with van der Waals surface area (Å²) in [5.41, 5.74) is 0.630. The predicted molar refractivity (Wildman–Crippen MR) is 72.6 cm³/mol. The summed E-state index contributed by atoms with van der Waals surface area (Å²) in [7, 11) is 1.61. The fourth-order valence-corrected chi connectivity index (χ4v) is 2.05. The Balaban J connectivity index is 2.38. The van der Waals surface area contributed by atoms with Crippen molar-refractivity contribution >= 4 is 33.4 Å². The molecule has 94 valence electrons. The van der Waals surface area contributed by atoms with Crippen molar-refractivity contribution < 1.29 is 9.53 Å². The molecule has 1 N–H and O–H groups in total. The van der Waals surface area contributed by atoms with Crippen molar-refractivity contribution in [1.82, 2.24) is 5.32 Å². The normalized spacial score (nSPS) is 12.2. The van der Waals surface area contributed by atoms with Crippen LogP contribution in [0.5, 0.6) is 0 Å². The highest BCUT2D eigenvalue weighted by Gasteiger charge is 2.09. The third kappa shape index (κ3) is 5.06. The van der Waals surface area contributed by atoms with Gasteiger partial charge in [-0.1, -0.05) is 12.1 Å². The quantitative estimate of drug-likeness (QED) is 0.819. The molecule has 1 unspecified atom stereocenters. The molecular formula is C12H15BrClNO2. The lowest BCUT2D eigenvalue weighted by Crippen LogP contribution is -2.27. The van der Waals surface area contributed by atoms with Gasteiger partial charge in [0.2, 0.25) is 0 Å². The number of amides is 1. The van der Waals surface area contributed by atoms with Crippen LogP contribution in [0.1, 0.15) is 16.8 Å². The standard InChI is InChI=1S/C12H15BrClNO2/c1-17-8-9(14)6-7-15-12(16)10-4-2-3-5-11(10)13/h2-5,9H,6-8H2,1H3,(H,15,16). The van der Waals surface area contributed by atoms with Crippen molar-refractivity contribution in [3.05, 3.63) is 34.3 Å². The average molecular weight is 321 g/mol. The first kappa shape index (κ1) is 14.5. The van der Waals surface area contributed by atoms with E-state index in [9.17, 15) is 4.79 Å². The fourth-order valence-electron chi connectivity index (χ4n) is 1.35. The molecule has 5 heteroatoms. The number of carbonyl (C=O) groups is 1. The van der Waals surface area contributed by atoms with Crippen LogP contribution in [0.2, 0.25) is 0 Å². The van der Waals surface area contributed by atoms with E-state index in [1.54, 1.807) is 13.2 Å². The Kier molecular flexibility index (Phi) is 6.55. The second kappa shape index (κ2) is 7.69. The van der Waals surface area contributed by atoms with Crippen LogP contribution < -0.4 is 5.32 Å². The zero-order chi connectivity index (χ0) is 12.7. The lowest BCUT2D eigenvalue weighted by molar-refractivity contribution is 0.0951. The van der Waals surface area contributed by atoms with Crippen LogP contribution in [0.15, 0.2) is 28.7 Å². The maximum absolute atomic E-state index is 11.8. The number of hydrogen-bond acceptors (Lipinski definition) is 2. The lowest BCUT2D eigenvalue weighted by atomic mass is 10.2. The van der Waals surface area contributed by atoms with E-state index in [1.165, 1.54) is 0 Å². The number of benzene rings is 1. The number of carbonyl (C=O) groups excluding carboxylic acids is 1. The van der Waals surface area contributed by atoms with E-state index in [-0.39, 0.29) is 11.3 Å². The molecule has 0 saturated heterocycles. The van der Waals surface area contributed by atoms with Crippen LogP contribution in [-0.4, -0.2) is 31.5 Å². The van der Waals surface area contributed by atoms with Gasteiger partial charge in [0.1, 0.15) is 0 Å². The topological polar surface area (TPSA) is 38.3 Å². The second-order valence-corrected chi connectivity index (χ2v) is 5.05. The number of hydrogen-bond donors (Lipinski definition) is 1. The first-order valence-electron chi connectivity index (χ1n) is 5.31. The molecule has 0 spiro atoms. The van der Waals surface area contributed by atoms with Crippen molar-refractivity contribution in [1.29, 1.82) is 0 Å². The number of nitrogens with one attached hydrogen (secondary N) is 1. The molecule has 17 heavy (non-hydrogen) atoms. The molecular weight excluding hydrogens is 305 g/mol. The highest BCUT2D eigenvalue weighted by Crippen LogP contribution is 2.15. The number of alkyl halides is 1. The molecule has 3 nitrogen and oxygen atoms in total. The molecule has 0 saturated carbocycles. The molecule has 0 radical (unpaired) electrons. The van der Waals surface area contributed by atoms with Gasteiger partial charge < -0.3 is 10.1 Å². The van der Waals surface area contributed by atoms with Gasteiger partial charge in [0.15, 0.2) is 0 Å². The predicted octanol–water partition coefficient (Wildman–Crippen LogP) is 2.82. The van der Waals surface area contributed by atoms with Gasteiger partial charge in [-0.3, -0.25) is 4.79 Å². The Hall–Kier alpha value is -0.580. The van der Waals surface area contributed by atoms with Gasteiger partial charge in [0, 0.05) is 18.1 Å². The minimum Gasteiger partial charge on any atom is -0.383 e. The zero-order valence-corrected chi connectivity index (χ0v) is 11.9. The SMILES string of the molecule is COCC(Cl)CCNC(=O)c1ccccc1Br. The van der Waals surface area contributed by atoms with Gasteiger partial charge in [-0.2, -0.15) is 0 Å². The molecule has 1 atom stereocenters. The summed E-state index contributed by atoms with van der Waals surface area (Å²) in [6, 6.07) is 7.31. The van der Waals surface area contributed by atoms with Crippen molar-refractivity contribution in [2.45, 2.75) is 11.8 Å². The van der Waals surface area contributed by atoms with Gasteiger partial charge in [0.25, 0.3) is 5.91 Å². The molecule has 0 fully saturated rings. The second-order valence-electron chi connectivity index (χ2n) is 3.58. The minimum atomic E-state index is -0.0984. The Morgan fingerprint density at radius 2 is 2.24 bits per heavy atom. The van der Waals surface area contributed by atoms with Gasteiger partial charge in [-0.05, 0) is 34.5 Å². The van der Waals surface area contributed by atoms with Crippen LogP contribution in [0.3, 0.4) is 0 Å². The molecule has 0 aliphatic rings. The van der Waals surface area contributed by atoms with Gasteiger partial charge in [-0.25, -0.2) is 0 Å². The Morgan fingerprint density at radius 1 is 1.53 bits per heavy atom. The molecule has 0 aromatic heterocycles. The highest BCUT2D eigenvalue weighted by atomic mass is 79.9. The molecule has 1 rings (SSSR count). The summed E-state index contributed by atoms with van der Waals surface area (Å²) in [5.74, 6) is -0.0984. The Bertz CT molecular complexity index is 373. The van der Waals surface area contributed by atoms with Crippen molar-refractivity contribution in [3.8, 4) is 0 Å². The van der Waals surface area contributed by atoms with Gasteiger partial charge >= 0.3 is 0 Å². The van der Waals surface area contributed by atoms with E-state index >= 15 is 0 Å². The largest absolute Gasteiger partial charge is 0.383 e. The zero-order valence-electron chi connectivity index (χ0n) is 9.58. The molecule has 1 aromatic rings. The smallest absolute Gasteiger partial charge is 0.252 e. The molecule has 0 aliphatic carbocycles. The van der Waals surface area contributed by atoms with Crippen molar-refractivity contribution in [3.63, 3.8) is 0 Å². The number of methoxy groups -OCH3 is 1. The van der Waals surface area contributed by atoms with Crippen molar-refractivity contribution in [2.75, 3.05) is 20.3 Å². The van der Waals surface area contributed by atoms with E-state index in [0.29, 0.717) is 25.1 Å². The van der Waals surface area contributed by atoms with Crippen LogP contribution >= 0.6 is 27.5 Å². The van der Waals surface area contributed by atoms with Crippen LogP contribution in [0.4, 0.5) is 0 Å². The summed E-state index contributed by atoms with van der Waals surface area (Å²) < 4.78 is 5.70. The summed E-state index contributed by atoms with van der Waals surface area (Å²) in [4.78, 5) is 11.8. The summed E-state index contributed by atoms with van der Waals surface area (Å²) in [6.07, 6.45) is 0.686. The maximum Gasteiger partial charge on any atom is 0.252 e. The van der Waals surface area contributed by atoms with E-state index in [4.69, 9.17) is 16.3 Å². The third-order valence-electron chi connectivity index (χ3n) is 2.21. The van der Waals surface area contributed by atoms with E-state index in [1.807, 2.05) is 18.2 Å². The number of ether oxygens (including phenoxy) is 1. The average Bonchev–Trinajstić information content (AvgIpc) is 2.29. The lowest BCUT2D eigenvalue weighted by Gasteiger charge is -2.09. The molecule has 0 heterocycles. The van der Waals surface area contributed by atoms with Crippen LogP contribution in [0, 0.1) is 0 Å². The molecule has 0 bridgehead atoms. The van der Waals surface area contributed by atoms with Gasteiger partial charge in [0.05, 0.1) is 17.5 Å². The number of rotatable bonds is 6. The first-order chi connectivity index (χ1) is 8.15. The highest BCUT2D eigenvalue weighted by molar-refractivity contribution is 9.10. The summed E-state index contributed by atoms with van der Waals surface area (Å²) >= 11 is 9.29. The molecule has 1 aromatic carbocycles. The number of halogens is 2. The third-order valence-corrected chi connectivity index (χ3v) is 3.24. The van der Waals surface area contributed by atoms with E-state index < -0.39 is 0 Å². The first-order valence-corrected chi connectivity index (χ1v) is 6.54. The van der Waals surface area contributed by atoms with Gasteiger partial charge in [-0.15, -0.1) is 11.6 Å². The Labute approximate surface area is 115 Å². The maximum atomic E-state index is 11.8. The molecule has 0 aliphatic heterocycles. The Morgan fingerprint density at radius 3 is 2.88 bits per heavy atom. The van der Waals surface area contributed by atoms with Crippen LogP contribution in [0.25, 0.3) is 0 Å². The minimum absolute atomic E-state index is 0.0699. The van der Waals surface area contributed by atoms with E-state index in [0.717, 1.165) is 4.47 Å². The summed E-state index contributed by atoms with van der Waals surface area (Å²) in [6.45, 7) is 1.03. The molecule has 1 amide bonds. The fraction of sp³-hybridized carbons (Fsp3) is 0.417. The summed E-state index contributed by atoms with van der Waals surface area (Å²) in [5, 5.41) is 2.75. The monoisotopic (exact) mass is 319 g/mol. The van der Waals surface area contributed by atoms with Crippen LogP contribution in [-0.2, 0) is 4.74 Å². The van der Waals surface area contributed by atoms with E-state index in [2.05, 4.69) is 21.2 Å².